The Morgan fingerprint density at radius 2 is 2.10 bits per heavy atom. The molecule has 0 saturated heterocycles. The maximum Gasteiger partial charge on any atom is 0.335 e. The molecular formula is C14H20N2O4. The first-order valence-electron chi connectivity index (χ1n) is 6.39. The topological polar surface area (TPSA) is 78.9 Å². The van der Waals surface area contributed by atoms with Crippen LogP contribution in [0.5, 0.6) is 0 Å². The van der Waals surface area contributed by atoms with Crippen molar-refractivity contribution in [3.05, 3.63) is 29.3 Å². The Hall–Kier alpha value is -2.08. The lowest BCUT2D eigenvalue weighted by Gasteiger charge is -2.18. The standard InChI is InChI=1S/C14H20N2O4/c1-4-20-8-7-16(3)14(19)15-12-6-5-11(13(17)18)9-10(12)2/h5-6,9H,4,7-8H2,1-3H3,(H,15,19)(H,17,18). The van der Waals surface area contributed by atoms with Gasteiger partial charge in [-0.2, -0.15) is 0 Å². The maximum absolute atomic E-state index is 11.9. The Bertz CT molecular complexity index is 488. The predicted molar refractivity (Wildman–Crippen MR) is 76.3 cm³/mol. The minimum atomic E-state index is -0.986. The molecule has 0 bridgehead atoms. The molecule has 0 fully saturated rings. The van der Waals surface area contributed by atoms with Gasteiger partial charge in [-0.05, 0) is 37.6 Å². The molecule has 0 unspecified atom stereocenters. The molecule has 1 aromatic rings. The lowest BCUT2D eigenvalue weighted by Crippen LogP contribution is -2.34. The van der Waals surface area contributed by atoms with E-state index in [1.807, 2.05) is 6.92 Å². The Labute approximate surface area is 118 Å². The summed E-state index contributed by atoms with van der Waals surface area (Å²) in [6, 6.07) is 4.33. The van der Waals surface area contributed by atoms with Crippen molar-refractivity contribution in [2.24, 2.45) is 0 Å². The highest BCUT2D eigenvalue weighted by Gasteiger charge is 2.11. The fourth-order valence-electron chi connectivity index (χ4n) is 1.59. The van der Waals surface area contributed by atoms with Gasteiger partial charge < -0.3 is 20.1 Å². The summed E-state index contributed by atoms with van der Waals surface area (Å²) in [6.07, 6.45) is 0. The molecule has 110 valence electrons. The van der Waals surface area contributed by atoms with Crippen LogP contribution in [-0.2, 0) is 4.74 Å². The van der Waals surface area contributed by atoms with Crippen LogP contribution in [0.4, 0.5) is 10.5 Å². The molecule has 0 aliphatic heterocycles. The second kappa shape index (κ2) is 7.49. The Kier molecular flexibility index (Phi) is 5.99. The maximum atomic E-state index is 11.9. The molecule has 0 aliphatic carbocycles. The number of carbonyl (C=O) groups is 2. The summed E-state index contributed by atoms with van der Waals surface area (Å²) < 4.78 is 5.18. The van der Waals surface area contributed by atoms with E-state index in [0.29, 0.717) is 31.0 Å². The van der Waals surface area contributed by atoms with Crippen molar-refractivity contribution in [3.8, 4) is 0 Å². The molecule has 0 aromatic heterocycles. The fraction of sp³-hybridized carbons (Fsp3) is 0.429. The number of hydrogen-bond donors (Lipinski definition) is 2. The number of nitrogens with one attached hydrogen (secondary N) is 1. The molecule has 0 radical (unpaired) electrons. The molecule has 0 heterocycles. The van der Waals surface area contributed by atoms with E-state index in [-0.39, 0.29) is 11.6 Å². The molecule has 0 aliphatic rings. The van der Waals surface area contributed by atoms with Gasteiger partial charge in [-0.3, -0.25) is 0 Å². The SMILES string of the molecule is CCOCCN(C)C(=O)Nc1ccc(C(=O)O)cc1C. The van der Waals surface area contributed by atoms with Crippen LogP contribution < -0.4 is 5.32 Å². The molecular weight excluding hydrogens is 260 g/mol. The quantitative estimate of drug-likeness (QED) is 0.783. The Balaban J connectivity index is 2.64. The lowest BCUT2D eigenvalue weighted by molar-refractivity contribution is 0.0697. The number of nitrogens with zero attached hydrogens (tertiary/aromatic N) is 1. The lowest BCUT2D eigenvalue weighted by atomic mass is 10.1. The Morgan fingerprint density at radius 3 is 2.65 bits per heavy atom. The van der Waals surface area contributed by atoms with Gasteiger partial charge in [-0.15, -0.1) is 0 Å². The largest absolute Gasteiger partial charge is 0.478 e. The number of amides is 2. The third kappa shape index (κ3) is 4.55. The highest BCUT2D eigenvalue weighted by molar-refractivity contribution is 5.92. The number of ether oxygens (including phenoxy) is 1. The first-order valence-corrected chi connectivity index (χ1v) is 6.39. The fourth-order valence-corrected chi connectivity index (χ4v) is 1.59. The minimum Gasteiger partial charge on any atom is -0.478 e. The van der Waals surface area contributed by atoms with E-state index in [4.69, 9.17) is 9.84 Å². The van der Waals surface area contributed by atoms with Gasteiger partial charge in [-0.25, -0.2) is 9.59 Å². The molecule has 0 atom stereocenters. The third-order valence-corrected chi connectivity index (χ3v) is 2.84. The van der Waals surface area contributed by atoms with E-state index in [0.717, 1.165) is 0 Å². The van der Waals surface area contributed by atoms with Gasteiger partial charge in [-0.1, -0.05) is 0 Å². The zero-order valence-electron chi connectivity index (χ0n) is 12.0. The summed E-state index contributed by atoms with van der Waals surface area (Å²) in [5.74, 6) is -0.986. The van der Waals surface area contributed by atoms with Crippen molar-refractivity contribution >= 4 is 17.7 Å². The van der Waals surface area contributed by atoms with Crippen molar-refractivity contribution in [1.29, 1.82) is 0 Å². The first-order chi connectivity index (χ1) is 9.45. The number of carboxylic acid groups (broad SMARTS) is 1. The second-order valence-corrected chi connectivity index (χ2v) is 4.38. The summed E-state index contributed by atoms with van der Waals surface area (Å²) in [5, 5.41) is 11.6. The Morgan fingerprint density at radius 1 is 1.40 bits per heavy atom. The highest BCUT2D eigenvalue weighted by atomic mass is 16.5. The van der Waals surface area contributed by atoms with Crippen molar-refractivity contribution < 1.29 is 19.4 Å². The van der Waals surface area contributed by atoms with Crippen LogP contribution in [0.3, 0.4) is 0 Å². The summed E-state index contributed by atoms with van der Waals surface area (Å²) in [7, 11) is 1.68. The van der Waals surface area contributed by atoms with Gasteiger partial charge in [0.15, 0.2) is 0 Å². The van der Waals surface area contributed by atoms with Gasteiger partial charge in [0.05, 0.1) is 12.2 Å². The summed E-state index contributed by atoms with van der Waals surface area (Å²) in [5.41, 5.74) is 1.50. The number of carboxylic acids is 1. The van der Waals surface area contributed by atoms with Crippen molar-refractivity contribution in [2.75, 3.05) is 32.1 Å². The summed E-state index contributed by atoms with van der Waals surface area (Å²) >= 11 is 0. The number of hydrogen-bond acceptors (Lipinski definition) is 3. The number of aryl methyl sites for hydroxylation is 1. The average Bonchev–Trinajstić information content (AvgIpc) is 2.40. The van der Waals surface area contributed by atoms with E-state index in [1.165, 1.54) is 17.0 Å². The highest BCUT2D eigenvalue weighted by Crippen LogP contribution is 2.17. The zero-order valence-corrected chi connectivity index (χ0v) is 12.0. The van der Waals surface area contributed by atoms with E-state index in [9.17, 15) is 9.59 Å². The van der Waals surface area contributed by atoms with Crippen molar-refractivity contribution in [2.45, 2.75) is 13.8 Å². The van der Waals surface area contributed by atoms with Gasteiger partial charge in [0.25, 0.3) is 0 Å². The molecule has 0 saturated carbocycles. The smallest absolute Gasteiger partial charge is 0.335 e. The van der Waals surface area contributed by atoms with Crippen molar-refractivity contribution in [1.82, 2.24) is 4.90 Å². The number of aromatic carboxylic acids is 1. The monoisotopic (exact) mass is 280 g/mol. The zero-order chi connectivity index (χ0) is 15.1. The molecule has 2 N–H and O–H groups in total. The second-order valence-electron chi connectivity index (χ2n) is 4.38. The molecule has 0 spiro atoms. The van der Waals surface area contributed by atoms with E-state index >= 15 is 0 Å². The van der Waals surface area contributed by atoms with Gasteiger partial charge >= 0.3 is 12.0 Å². The van der Waals surface area contributed by atoms with Gasteiger partial charge in [0, 0.05) is 25.9 Å². The minimum absolute atomic E-state index is 0.199. The third-order valence-electron chi connectivity index (χ3n) is 2.84. The molecule has 20 heavy (non-hydrogen) atoms. The van der Waals surface area contributed by atoms with E-state index in [2.05, 4.69) is 5.32 Å². The van der Waals surface area contributed by atoms with Crippen molar-refractivity contribution in [3.63, 3.8) is 0 Å². The molecule has 1 aromatic carbocycles. The number of anilines is 1. The van der Waals surface area contributed by atoms with Crippen LogP contribution in [0.25, 0.3) is 0 Å². The van der Waals surface area contributed by atoms with Crippen LogP contribution in [0.2, 0.25) is 0 Å². The van der Waals surface area contributed by atoms with E-state index in [1.54, 1.807) is 20.0 Å². The summed E-state index contributed by atoms with van der Waals surface area (Å²) in [6.45, 7) is 5.24. The molecule has 6 heteroatoms. The van der Waals surface area contributed by atoms with Gasteiger partial charge in [0.1, 0.15) is 0 Å². The van der Waals surface area contributed by atoms with Crippen LogP contribution in [0.1, 0.15) is 22.8 Å². The summed E-state index contributed by atoms with van der Waals surface area (Å²) in [4.78, 5) is 24.3. The molecule has 2 amide bonds. The number of urea groups is 1. The molecule has 1 rings (SSSR count). The van der Waals surface area contributed by atoms with Crippen LogP contribution in [0.15, 0.2) is 18.2 Å². The average molecular weight is 280 g/mol. The van der Waals surface area contributed by atoms with Crippen LogP contribution in [-0.4, -0.2) is 48.8 Å². The van der Waals surface area contributed by atoms with Gasteiger partial charge in [0.2, 0.25) is 0 Å². The number of rotatable bonds is 6. The first kappa shape index (κ1) is 16.0. The van der Waals surface area contributed by atoms with Crippen LogP contribution in [0, 0.1) is 6.92 Å². The van der Waals surface area contributed by atoms with Crippen LogP contribution >= 0.6 is 0 Å². The predicted octanol–water partition coefficient (Wildman–Crippen LogP) is 2.19. The number of benzene rings is 1. The number of likely N-dealkylation sites (N-methyl/N-ethyl adjacent to an activating group) is 1. The molecule has 6 nitrogen and oxygen atoms in total. The normalized spacial score (nSPS) is 10.2. The van der Waals surface area contributed by atoms with E-state index < -0.39 is 5.97 Å². The number of carbonyl (C=O) groups excluding carboxylic acids is 1.